The number of aromatic nitrogens is 3. The first kappa shape index (κ1) is 11.8. The van der Waals surface area contributed by atoms with E-state index in [1.807, 2.05) is 0 Å². The van der Waals surface area contributed by atoms with Gasteiger partial charge in [-0.1, -0.05) is 12.1 Å². The summed E-state index contributed by atoms with van der Waals surface area (Å²) in [5, 5.41) is 8.27. The summed E-state index contributed by atoms with van der Waals surface area (Å²) in [6, 6.07) is 6.41. The summed E-state index contributed by atoms with van der Waals surface area (Å²) in [5.74, 6) is 0.931. The Kier molecular flexibility index (Phi) is 2.77. The average Bonchev–Trinajstić information content (AvgIpc) is 2.70. The van der Waals surface area contributed by atoms with E-state index < -0.39 is 0 Å². The van der Waals surface area contributed by atoms with Crippen LogP contribution in [0.3, 0.4) is 0 Å². The standard InChI is InChI=1S/C14H19N3/c1-10-6-7-12(8-11(10)2)13-16-15-9-17(13)14(3,4)5/h6-9H,1-5H3. The predicted molar refractivity (Wildman–Crippen MR) is 69.9 cm³/mol. The highest BCUT2D eigenvalue weighted by atomic mass is 15.3. The molecule has 0 aliphatic heterocycles. The van der Waals surface area contributed by atoms with Crippen LogP contribution in [-0.4, -0.2) is 14.8 Å². The number of rotatable bonds is 1. The summed E-state index contributed by atoms with van der Waals surface area (Å²) in [6.07, 6.45) is 1.80. The zero-order valence-electron chi connectivity index (χ0n) is 11.2. The van der Waals surface area contributed by atoms with Gasteiger partial charge in [-0.05, 0) is 51.8 Å². The topological polar surface area (TPSA) is 30.7 Å². The van der Waals surface area contributed by atoms with Gasteiger partial charge in [0, 0.05) is 11.1 Å². The molecular weight excluding hydrogens is 210 g/mol. The molecule has 0 fully saturated rings. The Labute approximate surface area is 103 Å². The van der Waals surface area contributed by atoms with E-state index in [-0.39, 0.29) is 5.54 Å². The van der Waals surface area contributed by atoms with Crippen molar-refractivity contribution >= 4 is 0 Å². The smallest absolute Gasteiger partial charge is 0.164 e. The van der Waals surface area contributed by atoms with Crippen LogP contribution in [0.1, 0.15) is 31.9 Å². The minimum atomic E-state index is -0.00236. The molecule has 3 nitrogen and oxygen atoms in total. The summed E-state index contributed by atoms with van der Waals surface area (Å²) in [7, 11) is 0. The fourth-order valence-electron chi connectivity index (χ4n) is 1.80. The zero-order chi connectivity index (χ0) is 12.6. The molecule has 1 heterocycles. The van der Waals surface area contributed by atoms with Crippen molar-refractivity contribution in [3.05, 3.63) is 35.7 Å². The van der Waals surface area contributed by atoms with Gasteiger partial charge in [0.1, 0.15) is 6.33 Å². The number of benzene rings is 1. The monoisotopic (exact) mass is 229 g/mol. The number of nitrogens with zero attached hydrogens (tertiary/aromatic N) is 3. The van der Waals surface area contributed by atoms with Crippen molar-refractivity contribution in [3.63, 3.8) is 0 Å². The molecule has 0 saturated carbocycles. The van der Waals surface area contributed by atoms with E-state index in [1.165, 1.54) is 11.1 Å². The lowest BCUT2D eigenvalue weighted by Gasteiger charge is -2.22. The van der Waals surface area contributed by atoms with E-state index in [9.17, 15) is 0 Å². The van der Waals surface area contributed by atoms with Crippen LogP contribution < -0.4 is 0 Å². The summed E-state index contributed by atoms with van der Waals surface area (Å²) < 4.78 is 2.11. The SMILES string of the molecule is Cc1ccc(-c2nncn2C(C)(C)C)cc1C. The lowest BCUT2D eigenvalue weighted by Crippen LogP contribution is -2.21. The van der Waals surface area contributed by atoms with Gasteiger partial charge in [0.25, 0.3) is 0 Å². The Morgan fingerprint density at radius 1 is 1.06 bits per heavy atom. The molecule has 2 rings (SSSR count). The van der Waals surface area contributed by atoms with Crippen molar-refractivity contribution in [1.29, 1.82) is 0 Å². The maximum Gasteiger partial charge on any atom is 0.164 e. The molecule has 17 heavy (non-hydrogen) atoms. The molecule has 0 radical (unpaired) electrons. The molecule has 90 valence electrons. The second kappa shape index (κ2) is 3.99. The first-order valence-electron chi connectivity index (χ1n) is 5.88. The van der Waals surface area contributed by atoms with Crippen molar-refractivity contribution in [2.45, 2.75) is 40.2 Å². The Hall–Kier alpha value is -1.64. The van der Waals surface area contributed by atoms with Gasteiger partial charge < -0.3 is 4.57 Å². The summed E-state index contributed by atoms with van der Waals surface area (Å²) >= 11 is 0. The molecule has 0 N–H and O–H groups in total. The van der Waals surface area contributed by atoms with Crippen LogP contribution in [0.4, 0.5) is 0 Å². The third kappa shape index (κ3) is 2.23. The minimum absolute atomic E-state index is 0.00236. The molecule has 1 aromatic heterocycles. The van der Waals surface area contributed by atoms with Crippen LogP contribution in [0.2, 0.25) is 0 Å². The number of hydrogen-bond donors (Lipinski definition) is 0. The van der Waals surface area contributed by atoms with Gasteiger partial charge in [-0.25, -0.2) is 0 Å². The highest BCUT2D eigenvalue weighted by Crippen LogP contribution is 2.25. The fourth-order valence-corrected chi connectivity index (χ4v) is 1.80. The van der Waals surface area contributed by atoms with E-state index in [4.69, 9.17) is 0 Å². The summed E-state index contributed by atoms with van der Waals surface area (Å²) in [5.41, 5.74) is 3.71. The van der Waals surface area contributed by atoms with Gasteiger partial charge in [0.15, 0.2) is 5.82 Å². The first-order chi connectivity index (χ1) is 7.89. The third-order valence-corrected chi connectivity index (χ3v) is 3.04. The molecule has 0 unspecified atom stereocenters. The van der Waals surface area contributed by atoms with E-state index in [0.29, 0.717) is 0 Å². The Morgan fingerprint density at radius 2 is 1.76 bits per heavy atom. The molecule has 0 aliphatic rings. The van der Waals surface area contributed by atoms with Crippen molar-refractivity contribution in [1.82, 2.24) is 14.8 Å². The summed E-state index contributed by atoms with van der Waals surface area (Å²) in [4.78, 5) is 0. The minimum Gasteiger partial charge on any atom is -0.308 e. The Morgan fingerprint density at radius 3 is 2.35 bits per heavy atom. The van der Waals surface area contributed by atoms with Gasteiger partial charge in [0.05, 0.1) is 0 Å². The van der Waals surface area contributed by atoms with Gasteiger partial charge in [-0.3, -0.25) is 0 Å². The second-order valence-corrected chi connectivity index (χ2v) is 5.49. The first-order valence-corrected chi connectivity index (χ1v) is 5.88. The van der Waals surface area contributed by atoms with E-state index in [2.05, 4.69) is 67.6 Å². The quantitative estimate of drug-likeness (QED) is 0.751. The van der Waals surface area contributed by atoms with Crippen molar-refractivity contribution in [2.24, 2.45) is 0 Å². The van der Waals surface area contributed by atoms with Crippen LogP contribution in [0.25, 0.3) is 11.4 Å². The van der Waals surface area contributed by atoms with E-state index in [1.54, 1.807) is 6.33 Å². The Bertz CT molecular complexity index is 533. The van der Waals surface area contributed by atoms with Gasteiger partial charge in [-0.2, -0.15) is 0 Å². The lowest BCUT2D eigenvalue weighted by atomic mass is 10.0. The molecule has 0 atom stereocenters. The molecule has 0 spiro atoms. The fraction of sp³-hybridized carbons (Fsp3) is 0.429. The molecule has 0 saturated heterocycles. The van der Waals surface area contributed by atoms with E-state index in [0.717, 1.165) is 11.4 Å². The number of hydrogen-bond acceptors (Lipinski definition) is 2. The van der Waals surface area contributed by atoms with Crippen LogP contribution >= 0.6 is 0 Å². The van der Waals surface area contributed by atoms with E-state index >= 15 is 0 Å². The van der Waals surface area contributed by atoms with Crippen LogP contribution in [-0.2, 0) is 5.54 Å². The van der Waals surface area contributed by atoms with Crippen molar-refractivity contribution in [3.8, 4) is 11.4 Å². The van der Waals surface area contributed by atoms with Crippen LogP contribution in [0.15, 0.2) is 24.5 Å². The largest absolute Gasteiger partial charge is 0.308 e. The normalized spacial score (nSPS) is 11.8. The van der Waals surface area contributed by atoms with Gasteiger partial charge >= 0.3 is 0 Å². The molecule has 0 bridgehead atoms. The van der Waals surface area contributed by atoms with Crippen LogP contribution in [0, 0.1) is 13.8 Å². The highest BCUT2D eigenvalue weighted by Gasteiger charge is 2.18. The predicted octanol–water partition coefficient (Wildman–Crippen LogP) is 3.32. The zero-order valence-corrected chi connectivity index (χ0v) is 11.2. The van der Waals surface area contributed by atoms with Gasteiger partial charge in [0.2, 0.25) is 0 Å². The van der Waals surface area contributed by atoms with Gasteiger partial charge in [-0.15, -0.1) is 10.2 Å². The molecule has 0 amide bonds. The highest BCUT2D eigenvalue weighted by molar-refractivity contribution is 5.57. The lowest BCUT2D eigenvalue weighted by molar-refractivity contribution is 0.400. The summed E-state index contributed by atoms with van der Waals surface area (Å²) in [6.45, 7) is 10.7. The van der Waals surface area contributed by atoms with Crippen LogP contribution in [0.5, 0.6) is 0 Å². The third-order valence-electron chi connectivity index (χ3n) is 3.04. The molecule has 2 aromatic rings. The average molecular weight is 229 g/mol. The maximum absolute atomic E-state index is 4.24. The maximum atomic E-state index is 4.24. The Balaban J connectivity index is 2.54. The molecule has 1 aromatic carbocycles. The van der Waals surface area contributed by atoms with Crippen molar-refractivity contribution < 1.29 is 0 Å². The molecule has 3 heteroatoms. The molecular formula is C14H19N3. The van der Waals surface area contributed by atoms with Crippen molar-refractivity contribution in [2.75, 3.05) is 0 Å². The second-order valence-electron chi connectivity index (χ2n) is 5.49. The number of aryl methyl sites for hydroxylation is 2. The molecule has 0 aliphatic carbocycles.